The van der Waals surface area contributed by atoms with Crippen molar-refractivity contribution in [1.29, 1.82) is 0 Å². The summed E-state index contributed by atoms with van der Waals surface area (Å²) in [6, 6.07) is 23.6. The molecule has 0 radical (unpaired) electrons. The van der Waals surface area contributed by atoms with Crippen LogP contribution in [0.3, 0.4) is 0 Å². The standard InChI is InChI=1S/C33H28N2O6S/c1-3-9-25-16-23(18-29(40-4-2)31(25)41-21-22-10-7-14-27(17-22)35(38)39)19-30-32(36)34(33(37)42-30)20-26-13-8-12-24-11-5-6-15-28(24)26/h3,5-8,10-19H,1,4,9,20-21H2,2H3/b30-19+. The van der Waals surface area contributed by atoms with Gasteiger partial charge in [0, 0.05) is 17.7 Å². The van der Waals surface area contributed by atoms with Crippen molar-refractivity contribution in [2.75, 3.05) is 6.61 Å². The van der Waals surface area contributed by atoms with E-state index in [4.69, 9.17) is 9.47 Å². The van der Waals surface area contributed by atoms with Crippen LogP contribution in [-0.4, -0.2) is 27.6 Å². The number of nitro benzene ring substituents is 1. The molecule has 1 heterocycles. The minimum Gasteiger partial charge on any atom is -0.490 e. The van der Waals surface area contributed by atoms with Crippen LogP contribution in [0, 0.1) is 10.1 Å². The molecular formula is C33H28N2O6S. The minimum atomic E-state index is -0.448. The number of carbonyl (C=O) groups is 2. The van der Waals surface area contributed by atoms with Gasteiger partial charge in [-0.25, -0.2) is 0 Å². The third kappa shape index (κ3) is 6.21. The second-order valence-electron chi connectivity index (χ2n) is 9.55. The van der Waals surface area contributed by atoms with Gasteiger partial charge in [0.15, 0.2) is 11.5 Å². The van der Waals surface area contributed by atoms with E-state index in [-0.39, 0.29) is 30.0 Å². The Hall–Kier alpha value is -4.89. The molecule has 1 aliphatic heterocycles. The van der Waals surface area contributed by atoms with Crippen LogP contribution in [0.1, 0.15) is 29.2 Å². The molecule has 1 fully saturated rings. The largest absolute Gasteiger partial charge is 0.490 e. The maximum Gasteiger partial charge on any atom is 0.293 e. The lowest BCUT2D eigenvalue weighted by Gasteiger charge is -2.17. The van der Waals surface area contributed by atoms with Gasteiger partial charge in [-0.2, -0.15) is 0 Å². The Morgan fingerprint density at radius 2 is 1.76 bits per heavy atom. The van der Waals surface area contributed by atoms with Gasteiger partial charge >= 0.3 is 0 Å². The molecular weight excluding hydrogens is 552 g/mol. The smallest absolute Gasteiger partial charge is 0.293 e. The van der Waals surface area contributed by atoms with E-state index >= 15 is 0 Å². The highest BCUT2D eigenvalue weighted by Gasteiger charge is 2.35. The lowest BCUT2D eigenvalue weighted by atomic mass is 10.0. The molecule has 1 saturated heterocycles. The number of nitro groups is 1. The molecule has 0 aliphatic carbocycles. The van der Waals surface area contributed by atoms with Gasteiger partial charge < -0.3 is 9.47 Å². The van der Waals surface area contributed by atoms with Gasteiger partial charge in [-0.1, -0.05) is 60.7 Å². The van der Waals surface area contributed by atoms with Gasteiger partial charge in [-0.15, -0.1) is 6.58 Å². The summed E-state index contributed by atoms with van der Waals surface area (Å²) < 4.78 is 12.0. The first-order valence-corrected chi connectivity index (χ1v) is 14.2. The van der Waals surface area contributed by atoms with Crippen molar-refractivity contribution in [1.82, 2.24) is 4.90 Å². The number of allylic oxidation sites excluding steroid dienone is 1. The highest BCUT2D eigenvalue weighted by atomic mass is 32.2. The number of fused-ring (bicyclic) bond motifs is 1. The topological polar surface area (TPSA) is 99.0 Å². The third-order valence-corrected chi connectivity index (χ3v) is 7.61. The summed E-state index contributed by atoms with van der Waals surface area (Å²) in [4.78, 5) is 38.6. The summed E-state index contributed by atoms with van der Waals surface area (Å²) in [5.74, 6) is 0.597. The van der Waals surface area contributed by atoms with Crippen LogP contribution in [0.4, 0.5) is 10.5 Å². The van der Waals surface area contributed by atoms with E-state index in [0.29, 0.717) is 40.6 Å². The minimum absolute atomic E-state index is 0.0165. The molecule has 0 atom stereocenters. The van der Waals surface area contributed by atoms with Crippen LogP contribution >= 0.6 is 11.8 Å². The normalized spacial score (nSPS) is 14.0. The first-order chi connectivity index (χ1) is 20.4. The molecule has 9 heteroatoms. The average Bonchev–Trinajstić information content (AvgIpc) is 3.24. The number of benzene rings is 4. The van der Waals surface area contributed by atoms with Crippen molar-refractivity contribution in [2.45, 2.75) is 26.5 Å². The summed E-state index contributed by atoms with van der Waals surface area (Å²) in [7, 11) is 0. The maximum atomic E-state index is 13.4. The van der Waals surface area contributed by atoms with Crippen molar-refractivity contribution in [3.63, 3.8) is 0 Å². The zero-order chi connectivity index (χ0) is 29.6. The van der Waals surface area contributed by atoms with Gasteiger partial charge in [-0.3, -0.25) is 24.6 Å². The molecule has 0 aromatic heterocycles. The van der Waals surface area contributed by atoms with Gasteiger partial charge in [0.2, 0.25) is 0 Å². The summed E-state index contributed by atoms with van der Waals surface area (Å²) in [6.07, 6.45) is 3.87. The predicted octanol–water partition coefficient (Wildman–Crippen LogP) is 7.69. The molecule has 1 aliphatic rings. The van der Waals surface area contributed by atoms with E-state index in [2.05, 4.69) is 6.58 Å². The molecule has 0 bridgehead atoms. The average molecular weight is 581 g/mol. The Morgan fingerprint density at radius 3 is 2.55 bits per heavy atom. The molecule has 212 valence electrons. The van der Waals surface area contributed by atoms with E-state index in [0.717, 1.165) is 33.7 Å². The zero-order valence-electron chi connectivity index (χ0n) is 22.9. The Bertz CT molecular complexity index is 1730. The van der Waals surface area contributed by atoms with E-state index < -0.39 is 4.92 Å². The number of amides is 2. The van der Waals surface area contributed by atoms with Crippen molar-refractivity contribution in [3.8, 4) is 11.5 Å². The van der Waals surface area contributed by atoms with Gasteiger partial charge in [0.25, 0.3) is 16.8 Å². The predicted molar refractivity (Wildman–Crippen MR) is 164 cm³/mol. The Morgan fingerprint density at radius 1 is 0.976 bits per heavy atom. The number of carbonyl (C=O) groups excluding carboxylic acids is 2. The molecule has 0 saturated carbocycles. The molecule has 0 unspecified atom stereocenters. The highest BCUT2D eigenvalue weighted by molar-refractivity contribution is 8.18. The quantitative estimate of drug-likeness (QED) is 0.0776. The van der Waals surface area contributed by atoms with Crippen molar-refractivity contribution < 1.29 is 24.0 Å². The number of hydrogen-bond acceptors (Lipinski definition) is 7. The maximum absolute atomic E-state index is 13.4. The fourth-order valence-electron chi connectivity index (χ4n) is 4.80. The summed E-state index contributed by atoms with van der Waals surface area (Å²) in [5.41, 5.74) is 2.96. The molecule has 4 aromatic carbocycles. The van der Waals surface area contributed by atoms with E-state index in [1.54, 1.807) is 30.4 Å². The number of non-ortho nitro benzene ring substituents is 1. The van der Waals surface area contributed by atoms with Crippen molar-refractivity contribution >= 4 is 45.4 Å². The van der Waals surface area contributed by atoms with Gasteiger partial charge in [-0.05, 0) is 70.8 Å². The van der Waals surface area contributed by atoms with Crippen LogP contribution < -0.4 is 9.47 Å². The van der Waals surface area contributed by atoms with Crippen LogP contribution in [0.2, 0.25) is 0 Å². The van der Waals surface area contributed by atoms with Gasteiger partial charge in [0.1, 0.15) is 6.61 Å². The number of rotatable bonds is 11. The summed E-state index contributed by atoms with van der Waals surface area (Å²) in [6.45, 7) is 6.34. The number of ether oxygens (including phenoxy) is 2. The van der Waals surface area contributed by atoms with Crippen molar-refractivity contribution in [3.05, 3.63) is 129 Å². The summed E-state index contributed by atoms with van der Waals surface area (Å²) >= 11 is 0.906. The van der Waals surface area contributed by atoms with Crippen LogP contribution in [0.25, 0.3) is 16.8 Å². The fourth-order valence-corrected chi connectivity index (χ4v) is 5.64. The molecule has 5 rings (SSSR count). The van der Waals surface area contributed by atoms with E-state index in [9.17, 15) is 19.7 Å². The number of thioether (sulfide) groups is 1. The molecule has 0 N–H and O–H groups in total. The summed E-state index contributed by atoms with van der Waals surface area (Å²) in [5, 5.41) is 12.9. The number of imide groups is 1. The lowest BCUT2D eigenvalue weighted by Crippen LogP contribution is -2.27. The Labute approximate surface area is 247 Å². The monoisotopic (exact) mass is 580 g/mol. The second kappa shape index (κ2) is 12.7. The molecule has 42 heavy (non-hydrogen) atoms. The van der Waals surface area contributed by atoms with E-state index in [1.165, 1.54) is 17.0 Å². The second-order valence-corrected chi connectivity index (χ2v) is 10.5. The zero-order valence-corrected chi connectivity index (χ0v) is 23.8. The first kappa shape index (κ1) is 28.6. The van der Waals surface area contributed by atoms with E-state index in [1.807, 2.05) is 55.5 Å². The number of hydrogen-bond donors (Lipinski definition) is 0. The molecule has 2 amide bonds. The SMILES string of the molecule is C=CCc1cc(/C=C2/SC(=O)N(Cc3cccc4ccccc34)C2=O)cc(OCC)c1OCc1cccc([N+](=O)[O-])c1. The Kier molecular flexibility index (Phi) is 8.68. The Balaban J connectivity index is 1.42. The fraction of sp³-hybridized carbons (Fsp3) is 0.152. The lowest BCUT2D eigenvalue weighted by molar-refractivity contribution is -0.384. The van der Waals surface area contributed by atoms with Gasteiger partial charge in [0.05, 0.1) is 23.0 Å². The third-order valence-electron chi connectivity index (χ3n) is 6.70. The van der Waals surface area contributed by atoms with Crippen LogP contribution in [-0.2, 0) is 24.4 Å². The first-order valence-electron chi connectivity index (χ1n) is 13.4. The molecule has 0 spiro atoms. The molecule has 8 nitrogen and oxygen atoms in total. The molecule has 4 aromatic rings. The van der Waals surface area contributed by atoms with Crippen LogP contribution in [0.15, 0.2) is 96.4 Å². The van der Waals surface area contributed by atoms with Crippen molar-refractivity contribution in [2.24, 2.45) is 0 Å². The van der Waals surface area contributed by atoms with Crippen LogP contribution in [0.5, 0.6) is 11.5 Å². The highest BCUT2D eigenvalue weighted by Crippen LogP contribution is 2.38. The number of nitrogens with zero attached hydrogens (tertiary/aromatic N) is 2.